The van der Waals surface area contributed by atoms with Gasteiger partial charge in [0.25, 0.3) is 0 Å². The molecule has 7 rings (SSSR count). The smallest absolute Gasteiger partial charge is 0.410 e. The van der Waals surface area contributed by atoms with Crippen molar-refractivity contribution in [3.05, 3.63) is 41.6 Å². The second kappa shape index (κ2) is 7.87. The minimum Gasteiger partial charge on any atom is -0.448 e. The third-order valence-corrected chi connectivity index (χ3v) is 7.92. The van der Waals surface area contributed by atoms with Crippen LogP contribution in [0.1, 0.15) is 43.2 Å². The molecule has 8 nitrogen and oxygen atoms in total. The number of anilines is 3. The first kappa shape index (κ1) is 20.7. The molecule has 0 spiro atoms. The highest BCUT2D eigenvalue weighted by atomic mass is 16.6. The highest BCUT2D eigenvalue weighted by Gasteiger charge is 2.54. The molecule has 1 aromatic carbocycles. The van der Waals surface area contributed by atoms with Crippen molar-refractivity contribution in [2.24, 2.45) is 17.8 Å². The Labute approximate surface area is 193 Å². The Hall–Kier alpha value is -2.87. The molecular formula is C25H31N5O3. The van der Waals surface area contributed by atoms with Gasteiger partial charge in [0.05, 0.1) is 12.1 Å². The summed E-state index contributed by atoms with van der Waals surface area (Å²) < 4.78 is 5.02. The van der Waals surface area contributed by atoms with Crippen LogP contribution < -0.4 is 10.6 Å². The standard InChI is InChI=1S/C25H31N5O3/c1-15-13-26-23(27-20-4-2-3-16(9-20)14-30-5-6-33-24(30)31)29-22(15)28-21-18-7-17-8-19(21)12-25(32,10-17)11-18/h2-4,9,13,17-19,21,32H,5-8,10-12,14H2,1H3,(H2,26,27,28,29). The van der Waals surface area contributed by atoms with E-state index in [0.29, 0.717) is 49.4 Å². The van der Waals surface area contributed by atoms with Crippen molar-refractivity contribution in [2.45, 2.75) is 57.2 Å². The van der Waals surface area contributed by atoms with Gasteiger partial charge in [-0.15, -0.1) is 0 Å². The lowest BCUT2D eigenvalue weighted by Crippen LogP contribution is -2.59. The first-order valence-electron chi connectivity index (χ1n) is 12.0. The number of amides is 1. The zero-order valence-electron chi connectivity index (χ0n) is 19.0. The number of hydrogen-bond acceptors (Lipinski definition) is 7. The number of aromatic nitrogens is 2. The van der Waals surface area contributed by atoms with Crippen LogP contribution in [0.4, 0.5) is 22.2 Å². The number of nitrogens with zero attached hydrogens (tertiary/aromatic N) is 3. The van der Waals surface area contributed by atoms with E-state index in [1.54, 1.807) is 4.90 Å². The van der Waals surface area contributed by atoms with Gasteiger partial charge >= 0.3 is 6.09 Å². The summed E-state index contributed by atoms with van der Waals surface area (Å²) in [6.45, 7) is 3.62. The molecule has 2 unspecified atom stereocenters. The molecule has 1 aliphatic heterocycles. The first-order valence-corrected chi connectivity index (χ1v) is 12.0. The summed E-state index contributed by atoms with van der Waals surface area (Å²) in [6.07, 6.45) is 6.82. The van der Waals surface area contributed by atoms with Crippen LogP contribution in [-0.2, 0) is 11.3 Å². The number of carbonyl (C=O) groups is 1. The Balaban J connectivity index is 1.16. The Morgan fingerprint density at radius 3 is 2.79 bits per heavy atom. The average molecular weight is 450 g/mol. The van der Waals surface area contributed by atoms with Gasteiger partial charge in [-0.3, -0.25) is 0 Å². The number of hydrogen-bond donors (Lipinski definition) is 3. The van der Waals surface area contributed by atoms with E-state index in [1.165, 1.54) is 12.8 Å². The second-order valence-corrected chi connectivity index (χ2v) is 10.5. The fraction of sp³-hybridized carbons (Fsp3) is 0.560. The van der Waals surface area contributed by atoms with Crippen LogP contribution >= 0.6 is 0 Å². The van der Waals surface area contributed by atoms with Gasteiger partial charge in [0.2, 0.25) is 5.95 Å². The maximum absolute atomic E-state index is 11.7. The largest absolute Gasteiger partial charge is 0.448 e. The average Bonchev–Trinajstić information content (AvgIpc) is 3.16. The summed E-state index contributed by atoms with van der Waals surface area (Å²) in [6, 6.07) is 8.32. The van der Waals surface area contributed by atoms with Gasteiger partial charge in [0.1, 0.15) is 12.4 Å². The molecule has 1 aromatic heterocycles. The van der Waals surface area contributed by atoms with E-state index in [0.717, 1.165) is 41.9 Å². The van der Waals surface area contributed by atoms with Crippen LogP contribution in [0.5, 0.6) is 0 Å². The van der Waals surface area contributed by atoms with E-state index in [-0.39, 0.29) is 6.09 Å². The lowest BCUT2D eigenvalue weighted by atomic mass is 9.52. The monoisotopic (exact) mass is 449 g/mol. The van der Waals surface area contributed by atoms with Crippen molar-refractivity contribution in [1.29, 1.82) is 0 Å². The van der Waals surface area contributed by atoms with E-state index in [4.69, 9.17) is 9.72 Å². The summed E-state index contributed by atoms with van der Waals surface area (Å²) in [7, 11) is 0. The van der Waals surface area contributed by atoms with Crippen molar-refractivity contribution < 1.29 is 14.6 Å². The van der Waals surface area contributed by atoms with E-state index in [1.807, 2.05) is 37.4 Å². The summed E-state index contributed by atoms with van der Waals surface area (Å²) in [5.74, 6) is 3.13. The number of aliphatic hydroxyl groups is 1. The van der Waals surface area contributed by atoms with E-state index in [9.17, 15) is 9.90 Å². The molecule has 4 bridgehead atoms. The molecule has 3 N–H and O–H groups in total. The number of nitrogens with one attached hydrogen (secondary N) is 2. The number of aryl methyl sites for hydroxylation is 1. The summed E-state index contributed by atoms with van der Waals surface area (Å²) in [5, 5.41) is 17.9. The molecule has 2 aromatic rings. The van der Waals surface area contributed by atoms with E-state index >= 15 is 0 Å². The predicted molar refractivity (Wildman–Crippen MR) is 124 cm³/mol. The minimum absolute atomic E-state index is 0.261. The topological polar surface area (TPSA) is 99.6 Å². The van der Waals surface area contributed by atoms with E-state index < -0.39 is 5.60 Å². The van der Waals surface area contributed by atoms with Crippen LogP contribution in [0.25, 0.3) is 0 Å². The van der Waals surface area contributed by atoms with Crippen molar-refractivity contribution in [1.82, 2.24) is 14.9 Å². The van der Waals surface area contributed by atoms with Gasteiger partial charge in [0.15, 0.2) is 0 Å². The van der Waals surface area contributed by atoms with Gasteiger partial charge in [0, 0.05) is 30.0 Å². The molecule has 174 valence electrons. The van der Waals surface area contributed by atoms with Gasteiger partial charge < -0.3 is 25.4 Å². The molecule has 4 aliphatic carbocycles. The van der Waals surface area contributed by atoms with Crippen LogP contribution in [0.3, 0.4) is 0 Å². The molecule has 8 heteroatoms. The third kappa shape index (κ3) is 4.01. The molecule has 1 amide bonds. The molecule has 33 heavy (non-hydrogen) atoms. The molecule has 2 atom stereocenters. The molecule has 4 saturated carbocycles. The van der Waals surface area contributed by atoms with Crippen molar-refractivity contribution in [3.8, 4) is 0 Å². The highest BCUT2D eigenvalue weighted by Crippen LogP contribution is 2.56. The fourth-order valence-electron chi connectivity index (χ4n) is 6.69. The molecule has 2 heterocycles. The zero-order valence-corrected chi connectivity index (χ0v) is 19.0. The number of rotatable bonds is 6. The van der Waals surface area contributed by atoms with Crippen LogP contribution in [-0.4, -0.2) is 50.9 Å². The molecule has 0 radical (unpaired) electrons. The predicted octanol–water partition coefficient (Wildman–Crippen LogP) is 3.83. The fourth-order valence-corrected chi connectivity index (χ4v) is 6.69. The molecular weight excluding hydrogens is 418 g/mol. The number of cyclic esters (lactones) is 1. The van der Waals surface area contributed by atoms with Gasteiger partial charge in [-0.25, -0.2) is 9.78 Å². The Bertz CT molecular complexity index is 1060. The van der Waals surface area contributed by atoms with Crippen LogP contribution in [0.2, 0.25) is 0 Å². The third-order valence-electron chi connectivity index (χ3n) is 7.92. The second-order valence-electron chi connectivity index (χ2n) is 10.5. The highest BCUT2D eigenvalue weighted by molar-refractivity contribution is 5.69. The van der Waals surface area contributed by atoms with Crippen LogP contribution in [0, 0.1) is 24.7 Å². The quantitative estimate of drug-likeness (QED) is 0.616. The number of ether oxygens (including phenoxy) is 1. The van der Waals surface area contributed by atoms with Crippen molar-refractivity contribution in [3.63, 3.8) is 0 Å². The number of benzene rings is 1. The molecule has 5 aliphatic rings. The maximum atomic E-state index is 11.7. The SMILES string of the molecule is Cc1cnc(Nc2cccc(CN3CCOC3=O)c2)nc1NC1C2CC3CC1CC(O)(C3)C2. The number of carbonyl (C=O) groups excluding carboxylic acids is 1. The lowest BCUT2D eigenvalue weighted by Gasteiger charge is -2.58. The van der Waals surface area contributed by atoms with E-state index in [2.05, 4.69) is 15.6 Å². The Kier molecular flexibility index (Phi) is 4.94. The summed E-state index contributed by atoms with van der Waals surface area (Å²) in [5.41, 5.74) is 2.50. The Morgan fingerprint density at radius 1 is 1.24 bits per heavy atom. The normalized spacial score (nSPS) is 32.2. The molecule has 1 saturated heterocycles. The van der Waals surface area contributed by atoms with Crippen molar-refractivity contribution in [2.75, 3.05) is 23.8 Å². The zero-order chi connectivity index (χ0) is 22.6. The van der Waals surface area contributed by atoms with Crippen LogP contribution in [0.15, 0.2) is 30.5 Å². The summed E-state index contributed by atoms with van der Waals surface area (Å²) >= 11 is 0. The maximum Gasteiger partial charge on any atom is 0.410 e. The van der Waals surface area contributed by atoms with Gasteiger partial charge in [-0.1, -0.05) is 12.1 Å². The Morgan fingerprint density at radius 2 is 2.06 bits per heavy atom. The lowest BCUT2D eigenvalue weighted by molar-refractivity contribution is -0.129. The van der Waals surface area contributed by atoms with Crippen molar-refractivity contribution >= 4 is 23.5 Å². The van der Waals surface area contributed by atoms with Gasteiger partial charge in [-0.05, 0) is 74.5 Å². The minimum atomic E-state index is -0.432. The summed E-state index contributed by atoms with van der Waals surface area (Å²) in [4.78, 5) is 22.7. The first-order chi connectivity index (χ1) is 15.9. The molecule has 5 fully saturated rings. The van der Waals surface area contributed by atoms with Gasteiger partial charge in [-0.2, -0.15) is 4.98 Å².